The van der Waals surface area contributed by atoms with E-state index in [0.29, 0.717) is 12.4 Å². The van der Waals surface area contributed by atoms with Crippen LogP contribution in [0, 0.1) is 0 Å². The largest absolute Gasteiger partial charge is 0.508 e. The molecule has 5 nitrogen and oxygen atoms in total. The Labute approximate surface area is 115 Å². The van der Waals surface area contributed by atoms with Crippen LogP contribution >= 0.6 is 0 Å². The Kier molecular flexibility index (Phi) is 3.33. The zero-order valence-electron chi connectivity index (χ0n) is 10.7. The molecule has 2 N–H and O–H groups in total. The van der Waals surface area contributed by atoms with E-state index in [1.807, 2.05) is 36.4 Å². The lowest BCUT2D eigenvalue weighted by Crippen LogP contribution is -1.99. The zero-order valence-corrected chi connectivity index (χ0v) is 10.7. The summed E-state index contributed by atoms with van der Waals surface area (Å²) in [7, 11) is 0. The van der Waals surface area contributed by atoms with E-state index in [4.69, 9.17) is 4.42 Å². The van der Waals surface area contributed by atoms with Gasteiger partial charge in [-0.2, -0.15) is 0 Å². The van der Waals surface area contributed by atoms with Crippen LogP contribution in [0.3, 0.4) is 0 Å². The topological polar surface area (TPSA) is 71.2 Å². The van der Waals surface area contributed by atoms with Crippen LogP contribution in [0.1, 0.15) is 5.56 Å². The zero-order chi connectivity index (χ0) is 13.8. The summed E-state index contributed by atoms with van der Waals surface area (Å²) in [4.78, 5) is 0. The lowest BCUT2D eigenvalue weighted by molar-refractivity contribution is 0.469. The summed E-state index contributed by atoms with van der Waals surface area (Å²) in [6.07, 6.45) is 1.30. The minimum absolute atomic E-state index is 0.285. The molecule has 2 aromatic carbocycles. The van der Waals surface area contributed by atoms with E-state index in [1.54, 1.807) is 12.1 Å². The van der Waals surface area contributed by atoms with Crippen molar-refractivity contribution in [2.45, 2.75) is 6.54 Å². The summed E-state index contributed by atoms with van der Waals surface area (Å²) in [6, 6.07) is 14.9. The van der Waals surface area contributed by atoms with Crippen LogP contribution in [-0.2, 0) is 6.54 Å². The van der Waals surface area contributed by atoms with Crippen LogP contribution in [0.2, 0.25) is 0 Å². The van der Waals surface area contributed by atoms with Crippen molar-refractivity contribution in [3.8, 4) is 17.2 Å². The van der Waals surface area contributed by atoms with E-state index in [2.05, 4.69) is 15.5 Å². The third-order valence-electron chi connectivity index (χ3n) is 2.94. The molecule has 0 atom stereocenters. The van der Waals surface area contributed by atoms with Crippen molar-refractivity contribution in [3.63, 3.8) is 0 Å². The van der Waals surface area contributed by atoms with Gasteiger partial charge in [-0.15, -0.1) is 10.2 Å². The first-order chi connectivity index (χ1) is 9.83. The molecule has 0 aliphatic rings. The van der Waals surface area contributed by atoms with Crippen LogP contribution in [0.4, 0.5) is 5.69 Å². The van der Waals surface area contributed by atoms with Gasteiger partial charge in [0, 0.05) is 23.4 Å². The van der Waals surface area contributed by atoms with E-state index in [9.17, 15) is 5.11 Å². The highest BCUT2D eigenvalue weighted by Gasteiger charge is 2.04. The molecule has 3 rings (SSSR count). The van der Waals surface area contributed by atoms with Crippen molar-refractivity contribution < 1.29 is 9.52 Å². The lowest BCUT2D eigenvalue weighted by Gasteiger charge is -2.08. The molecule has 1 heterocycles. The molecule has 3 aromatic rings. The maximum atomic E-state index is 9.72. The van der Waals surface area contributed by atoms with Crippen LogP contribution in [0.5, 0.6) is 5.75 Å². The first-order valence-corrected chi connectivity index (χ1v) is 6.20. The molecule has 0 radical (unpaired) electrons. The molecule has 1 aromatic heterocycles. The quantitative estimate of drug-likeness (QED) is 0.760. The second-order valence-electron chi connectivity index (χ2n) is 4.31. The molecule has 20 heavy (non-hydrogen) atoms. The van der Waals surface area contributed by atoms with Crippen LogP contribution in [0.25, 0.3) is 11.5 Å². The fraction of sp³-hybridized carbons (Fsp3) is 0.0667. The van der Waals surface area contributed by atoms with Crippen LogP contribution in [-0.4, -0.2) is 15.3 Å². The van der Waals surface area contributed by atoms with Gasteiger partial charge in [0.15, 0.2) is 0 Å². The van der Waals surface area contributed by atoms with Gasteiger partial charge in [0.1, 0.15) is 5.75 Å². The van der Waals surface area contributed by atoms with Crippen LogP contribution < -0.4 is 5.32 Å². The van der Waals surface area contributed by atoms with Crippen molar-refractivity contribution in [3.05, 3.63) is 60.5 Å². The number of hydrogen-bond donors (Lipinski definition) is 2. The van der Waals surface area contributed by atoms with Crippen LogP contribution in [0.15, 0.2) is 59.3 Å². The number of phenolic OH excluding ortho intramolecular Hbond substituents is 1. The standard InChI is InChI=1S/C15H13N3O2/c19-14-7-2-1-4-12(14)9-16-13-6-3-5-11(8-13)15-18-17-10-20-15/h1-8,10,16,19H,9H2. The molecule has 100 valence electrons. The predicted molar refractivity (Wildman–Crippen MR) is 75.2 cm³/mol. The number of benzene rings is 2. The molecular formula is C15H13N3O2. The third kappa shape index (κ3) is 2.61. The maximum Gasteiger partial charge on any atom is 0.247 e. The Balaban J connectivity index is 1.75. The van der Waals surface area contributed by atoms with Gasteiger partial charge in [0.2, 0.25) is 12.3 Å². The van der Waals surface area contributed by atoms with Crippen molar-refractivity contribution in [2.75, 3.05) is 5.32 Å². The highest BCUT2D eigenvalue weighted by atomic mass is 16.4. The molecule has 0 unspecified atom stereocenters. The highest BCUT2D eigenvalue weighted by Crippen LogP contribution is 2.22. The van der Waals surface area contributed by atoms with Gasteiger partial charge in [-0.25, -0.2) is 0 Å². The second-order valence-corrected chi connectivity index (χ2v) is 4.31. The number of para-hydroxylation sites is 1. The summed E-state index contributed by atoms with van der Waals surface area (Å²) < 4.78 is 5.17. The summed E-state index contributed by atoms with van der Waals surface area (Å²) >= 11 is 0. The summed E-state index contributed by atoms with van der Waals surface area (Å²) in [5, 5.41) is 20.5. The van der Waals surface area contributed by atoms with Crippen molar-refractivity contribution in [2.24, 2.45) is 0 Å². The molecule has 0 aliphatic carbocycles. The number of aromatic hydroxyl groups is 1. The Bertz CT molecular complexity index is 696. The average Bonchev–Trinajstić information content (AvgIpc) is 3.01. The number of rotatable bonds is 4. The first kappa shape index (κ1) is 12.2. The highest BCUT2D eigenvalue weighted by molar-refractivity contribution is 5.61. The molecule has 5 heteroatoms. The fourth-order valence-electron chi connectivity index (χ4n) is 1.92. The van der Waals surface area contributed by atoms with Crippen molar-refractivity contribution in [1.82, 2.24) is 10.2 Å². The maximum absolute atomic E-state index is 9.72. The molecule has 0 saturated carbocycles. The molecule has 0 spiro atoms. The van der Waals surface area contributed by atoms with Crippen molar-refractivity contribution in [1.29, 1.82) is 0 Å². The van der Waals surface area contributed by atoms with Gasteiger partial charge < -0.3 is 14.8 Å². The predicted octanol–water partition coefficient (Wildman–Crippen LogP) is 3.05. The number of aromatic nitrogens is 2. The third-order valence-corrected chi connectivity index (χ3v) is 2.94. The Morgan fingerprint density at radius 3 is 2.80 bits per heavy atom. The van der Waals surface area contributed by atoms with E-state index in [1.165, 1.54) is 6.39 Å². The molecule has 0 amide bonds. The minimum atomic E-state index is 0.285. The monoisotopic (exact) mass is 267 g/mol. The summed E-state index contributed by atoms with van der Waals surface area (Å²) in [6.45, 7) is 0.542. The average molecular weight is 267 g/mol. The summed E-state index contributed by atoms with van der Waals surface area (Å²) in [5.74, 6) is 0.768. The summed E-state index contributed by atoms with van der Waals surface area (Å²) in [5.41, 5.74) is 2.62. The number of nitrogens with zero attached hydrogens (tertiary/aromatic N) is 2. The Morgan fingerprint density at radius 1 is 1.10 bits per heavy atom. The Morgan fingerprint density at radius 2 is 2.00 bits per heavy atom. The van der Waals surface area contributed by atoms with Crippen molar-refractivity contribution >= 4 is 5.69 Å². The number of phenols is 1. The van der Waals surface area contributed by atoms with E-state index in [-0.39, 0.29) is 5.75 Å². The number of hydrogen-bond acceptors (Lipinski definition) is 5. The number of anilines is 1. The lowest BCUT2D eigenvalue weighted by atomic mass is 10.1. The van der Waals surface area contributed by atoms with E-state index < -0.39 is 0 Å². The molecule has 0 saturated heterocycles. The first-order valence-electron chi connectivity index (χ1n) is 6.20. The fourth-order valence-corrected chi connectivity index (χ4v) is 1.92. The molecule has 0 fully saturated rings. The Hall–Kier alpha value is -2.82. The normalized spacial score (nSPS) is 10.4. The van der Waals surface area contributed by atoms with Gasteiger partial charge in [-0.05, 0) is 24.3 Å². The van der Waals surface area contributed by atoms with Gasteiger partial charge >= 0.3 is 0 Å². The van der Waals surface area contributed by atoms with E-state index in [0.717, 1.165) is 16.8 Å². The number of nitrogens with one attached hydrogen (secondary N) is 1. The SMILES string of the molecule is Oc1ccccc1CNc1cccc(-c2nnco2)c1. The van der Waals surface area contributed by atoms with Gasteiger partial charge in [0.25, 0.3) is 0 Å². The molecule has 0 aliphatic heterocycles. The van der Waals surface area contributed by atoms with Gasteiger partial charge in [0.05, 0.1) is 0 Å². The van der Waals surface area contributed by atoms with E-state index >= 15 is 0 Å². The smallest absolute Gasteiger partial charge is 0.247 e. The van der Waals surface area contributed by atoms with Gasteiger partial charge in [-0.1, -0.05) is 24.3 Å². The van der Waals surface area contributed by atoms with Gasteiger partial charge in [-0.3, -0.25) is 0 Å². The second kappa shape index (κ2) is 5.44. The molecule has 0 bridgehead atoms. The minimum Gasteiger partial charge on any atom is -0.508 e. The molecular weight excluding hydrogens is 254 g/mol.